The normalized spacial score (nSPS) is 51.0. The van der Waals surface area contributed by atoms with Crippen molar-refractivity contribution in [2.75, 3.05) is 0 Å². The van der Waals surface area contributed by atoms with E-state index in [9.17, 15) is 0 Å². The van der Waals surface area contributed by atoms with Crippen molar-refractivity contribution in [3.8, 4) is 0 Å². The summed E-state index contributed by atoms with van der Waals surface area (Å²) in [5.41, 5.74) is 9.04. The maximum atomic E-state index is 6.98. The molecule has 0 aromatic carbocycles. The highest BCUT2D eigenvalue weighted by Crippen LogP contribution is 2.56. The van der Waals surface area contributed by atoms with E-state index in [1.54, 1.807) is 0 Å². The second kappa shape index (κ2) is 5.41. The molecule has 0 radical (unpaired) electrons. The van der Waals surface area contributed by atoms with Gasteiger partial charge in [0.2, 0.25) is 0 Å². The highest BCUT2D eigenvalue weighted by atomic mass is 14.8. The Hall–Kier alpha value is -0.300. The number of hydrogen-bond donors (Lipinski definition) is 1. The smallest absolute Gasteiger partial charge is 0.0211 e. The topological polar surface area (TPSA) is 26.0 Å². The molecule has 3 aliphatic carbocycles. The molecule has 3 fully saturated rings. The predicted octanol–water partition coefficient (Wildman–Crippen LogP) is 5.30. The van der Waals surface area contributed by atoms with Crippen LogP contribution >= 0.6 is 0 Å². The Morgan fingerprint density at radius 1 is 1.19 bits per heavy atom. The van der Waals surface area contributed by atoms with E-state index in [4.69, 9.17) is 5.73 Å². The van der Waals surface area contributed by atoms with E-state index in [1.165, 1.54) is 63.4 Å². The van der Waals surface area contributed by atoms with Gasteiger partial charge in [0.15, 0.2) is 0 Å². The zero-order valence-electron chi connectivity index (χ0n) is 14.5. The third-order valence-electron chi connectivity index (χ3n) is 8.00. The summed E-state index contributed by atoms with van der Waals surface area (Å²) >= 11 is 0. The summed E-state index contributed by atoms with van der Waals surface area (Å²) in [5.74, 6) is 3.25. The quantitative estimate of drug-likeness (QED) is 0.651. The van der Waals surface area contributed by atoms with Gasteiger partial charge in [-0.1, -0.05) is 39.3 Å². The summed E-state index contributed by atoms with van der Waals surface area (Å²) in [6, 6.07) is 0. The van der Waals surface area contributed by atoms with E-state index in [1.807, 2.05) is 0 Å². The minimum atomic E-state index is 0.147. The van der Waals surface area contributed by atoms with Gasteiger partial charge in [-0.3, -0.25) is 0 Å². The van der Waals surface area contributed by atoms with Crippen LogP contribution in [0, 0.1) is 29.1 Å². The van der Waals surface area contributed by atoms with Gasteiger partial charge in [-0.05, 0) is 80.5 Å². The van der Waals surface area contributed by atoms with Crippen LogP contribution in [-0.2, 0) is 0 Å². The molecule has 6 atom stereocenters. The van der Waals surface area contributed by atoms with Crippen LogP contribution in [0.5, 0.6) is 0 Å². The van der Waals surface area contributed by atoms with Crippen LogP contribution in [0.15, 0.2) is 12.2 Å². The van der Waals surface area contributed by atoms with E-state index < -0.39 is 0 Å². The third-order valence-corrected chi connectivity index (χ3v) is 8.00. The fourth-order valence-electron chi connectivity index (χ4n) is 5.91. The van der Waals surface area contributed by atoms with Gasteiger partial charge in [0.25, 0.3) is 0 Å². The molecular weight excluding hydrogens is 254 g/mol. The lowest BCUT2D eigenvalue weighted by molar-refractivity contribution is -0.00472. The van der Waals surface area contributed by atoms with Crippen molar-refractivity contribution < 1.29 is 0 Å². The van der Waals surface area contributed by atoms with Crippen LogP contribution in [0.25, 0.3) is 0 Å². The molecule has 3 saturated carbocycles. The van der Waals surface area contributed by atoms with Crippen molar-refractivity contribution in [1.82, 2.24) is 0 Å². The summed E-state index contributed by atoms with van der Waals surface area (Å²) in [6.45, 7) is 11.7. The molecule has 1 heteroatoms. The van der Waals surface area contributed by atoms with E-state index >= 15 is 0 Å². The molecule has 3 aliphatic rings. The lowest BCUT2D eigenvalue weighted by atomic mass is 9.53. The summed E-state index contributed by atoms with van der Waals surface area (Å²) in [6.07, 6.45) is 12.0. The molecule has 5 unspecified atom stereocenters. The SMILES string of the molecule is C=C1CC2CCC3(N)C(C)CCCC3C2CC[C@]1(C)CC. The molecule has 0 aromatic heterocycles. The first kappa shape index (κ1) is 15.6. The van der Waals surface area contributed by atoms with Gasteiger partial charge >= 0.3 is 0 Å². The number of hydrogen-bond acceptors (Lipinski definition) is 1. The first-order chi connectivity index (χ1) is 9.90. The molecule has 0 amide bonds. The van der Waals surface area contributed by atoms with E-state index in [0.29, 0.717) is 5.41 Å². The summed E-state index contributed by atoms with van der Waals surface area (Å²) < 4.78 is 0. The Morgan fingerprint density at radius 2 is 1.95 bits per heavy atom. The Bertz CT molecular complexity index is 414. The van der Waals surface area contributed by atoms with Gasteiger partial charge in [0.1, 0.15) is 0 Å². The monoisotopic (exact) mass is 289 g/mol. The number of fused-ring (bicyclic) bond motifs is 3. The molecule has 0 heterocycles. The second-order valence-electron chi connectivity index (χ2n) is 8.77. The molecule has 3 rings (SSSR count). The van der Waals surface area contributed by atoms with Gasteiger partial charge in [-0.15, -0.1) is 0 Å². The van der Waals surface area contributed by atoms with Gasteiger partial charge in [-0.25, -0.2) is 0 Å². The Morgan fingerprint density at radius 3 is 2.67 bits per heavy atom. The van der Waals surface area contributed by atoms with E-state index in [0.717, 1.165) is 23.7 Å². The highest BCUT2D eigenvalue weighted by Gasteiger charge is 2.52. The van der Waals surface area contributed by atoms with Crippen LogP contribution < -0.4 is 5.73 Å². The predicted molar refractivity (Wildman–Crippen MR) is 91.0 cm³/mol. The third kappa shape index (κ3) is 2.40. The highest BCUT2D eigenvalue weighted by molar-refractivity contribution is 5.15. The largest absolute Gasteiger partial charge is 0.325 e. The number of nitrogens with two attached hydrogens (primary N) is 1. The average Bonchev–Trinajstić information content (AvgIpc) is 2.59. The fraction of sp³-hybridized carbons (Fsp3) is 0.900. The van der Waals surface area contributed by atoms with Crippen LogP contribution in [0.3, 0.4) is 0 Å². The molecular formula is C20H35N. The first-order valence-corrected chi connectivity index (χ1v) is 9.38. The fourth-order valence-corrected chi connectivity index (χ4v) is 5.91. The second-order valence-corrected chi connectivity index (χ2v) is 8.77. The van der Waals surface area contributed by atoms with Crippen LogP contribution in [0.1, 0.15) is 78.6 Å². The number of allylic oxidation sites excluding steroid dienone is 1. The maximum Gasteiger partial charge on any atom is 0.0211 e. The first-order valence-electron chi connectivity index (χ1n) is 9.38. The summed E-state index contributed by atoms with van der Waals surface area (Å²) in [4.78, 5) is 0. The van der Waals surface area contributed by atoms with Gasteiger partial charge in [0.05, 0.1) is 0 Å². The minimum Gasteiger partial charge on any atom is -0.325 e. The molecule has 1 nitrogen and oxygen atoms in total. The number of rotatable bonds is 1. The van der Waals surface area contributed by atoms with Crippen molar-refractivity contribution in [1.29, 1.82) is 0 Å². The van der Waals surface area contributed by atoms with Crippen LogP contribution in [0.4, 0.5) is 0 Å². The summed E-state index contributed by atoms with van der Waals surface area (Å²) in [5, 5.41) is 0. The summed E-state index contributed by atoms with van der Waals surface area (Å²) in [7, 11) is 0. The van der Waals surface area contributed by atoms with Crippen molar-refractivity contribution >= 4 is 0 Å². The molecule has 120 valence electrons. The van der Waals surface area contributed by atoms with Crippen molar-refractivity contribution in [2.24, 2.45) is 34.8 Å². The lowest BCUT2D eigenvalue weighted by Gasteiger charge is -2.55. The van der Waals surface area contributed by atoms with Crippen LogP contribution in [0.2, 0.25) is 0 Å². The lowest BCUT2D eigenvalue weighted by Crippen LogP contribution is -2.60. The van der Waals surface area contributed by atoms with Crippen LogP contribution in [-0.4, -0.2) is 5.54 Å². The molecule has 21 heavy (non-hydrogen) atoms. The molecule has 0 bridgehead atoms. The molecule has 0 aliphatic heterocycles. The zero-order chi connectivity index (χ0) is 15.3. The van der Waals surface area contributed by atoms with Crippen molar-refractivity contribution in [2.45, 2.75) is 84.1 Å². The van der Waals surface area contributed by atoms with E-state index in [2.05, 4.69) is 27.4 Å². The Balaban J connectivity index is 1.86. The van der Waals surface area contributed by atoms with Crippen molar-refractivity contribution in [3.63, 3.8) is 0 Å². The zero-order valence-corrected chi connectivity index (χ0v) is 14.5. The average molecular weight is 290 g/mol. The molecule has 0 spiro atoms. The van der Waals surface area contributed by atoms with Gasteiger partial charge < -0.3 is 5.73 Å². The van der Waals surface area contributed by atoms with Crippen molar-refractivity contribution in [3.05, 3.63) is 12.2 Å². The molecule has 2 N–H and O–H groups in total. The minimum absolute atomic E-state index is 0.147. The maximum absolute atomic E-state index is 6.98. The molecule has 0 aromatic rings. The Kier molecular flexibility index (Phi) is 4.01. The standard InChI is InChI=1S/C20H35N/c1-5-19(4)11-10-17-16(13-15(19)3)9-12-20(21)14(2)7-6-8-18(17)20/h14,16-18H,3,5-13,21H2,1-2,4H3/t14?,16?,17?,18?,19-,20?/m0/s1. The Labute approximate surface area is 131 Å². The van der Waals surface area contributed by atoms with E-state index in [-0.39, 0.29) is 5.54 Å². The van der Waals surface area contributed by atoms with Gasteiger partial charge in [0, 0.05) is 5.54 Å². The molecule has 0 saturated heterocycles. The van der Waals surface area contributed by atoms with Gasteiger partial charge in [-0.2, -0.15) is 0 Å².